The zero-order valence-electron chi connectivity index (χ0n) is 16.0. The molecule has 146 valence electrons. The van der Waals surface area contributed by atoms with Gasteiger partial charge < -0.3 is 21.3 Å². The van der Waals surface area contributed by atoms with E-state index in [4.69, 9.17) is 10.7 Å². The first-order chi connectivity index (χ1) is 12.0. The minimum absolute atomic E-state index is 0. The SMILES string of the molecule is CCNC(=NCCc1cc(C)cc(C)c1)NC1CCN(C(N)=O)CC1.I. The van der Waals surface area contributed by atoms with Gasteiger partial charge in [0.15, 0.2) is 5.96 Å². The lowest BCUT2D eigenvalue weighted by Crippen LogP contribution is -2.50. The Morgan fingerprint density at radius 3 is 2.38 bits per heavy atom. The van der Waals surface area contributed by atoms with Crippen LogP contribution in [-0.2, 0) is 6.42 Å². The number of hydrogen-bond acceptors (Lipinski definition) is 2. The summed E-state index contributed by atoms with van der Waals surface area (Å²) in [5, 5.41) is 6.79. The van der Waals surface area contributed by atoms with E-state index in [1.165, 1.54) is 16.7 Å². The maximum Gasteiger partial charge on any atom is 0.314 e. The summed E-state index contributed by atoms with van der Waals surface area (Å²) in [5.74, 6) is 0.851. The van der Waals surface area contributed by atoms with Crippen LogP contribution in [0.2, 0.25) is 0 Å². The van der Waals surface area contributed by atoms with Crippen LogP contribution in [0.5, 0.6) is 0 Å². The van der Waals surface area contributed by atoms with Crippen LogP contribution < -0.4 is 16.4 Å². The van der Waals surface area contributed by atoms with Crippen LogP contribution >= 0.6 is 24.0 Å². The lowest BCUT2D eigenvalue weighted by Gasteiger charge is -2.32. The molecule has 1 aliphatic rings. The quantitative estimate of drug-likeness (QED) is 0.349. The normalized spacial score (nSPS) is 15.3. The Labute approximate surface area is 174 Å². The van der Waals surface area contributed by atoms with Crippen molar-refractivity contribution >= 4 is 36.0 Å². The molecule has 0 saturated carbocycles. The Bertz CT molecular complexity index is 592. The molecule has 26 heavy (non-hydrogen) atoms. The average molecular weight is 473 g/mol. The van der Waals surface area contributed by atoms with Crippen LogP contribution in [0.4, 0.5) is 4.79 Å². The van der Waals surface area contributed by atoms with Gasteiger partial charge in [0, 0.05) is 32.2 Å². The molecule has 2 amide bonds. The van der Waals surface area contributed by atoms with Crippen LogP contribution in [-0.4, -0.2) is 49.1 Å². The summed E-state index contributed by atoms with van der Waals surface area (Å²) in [6.07, 6.45) is 2.72. The van der Waals surface area contributed by atoms with Gasteiger partial charge in [-0.15, -0.1) is 24.0 Å². The zero-order valence-corrected chi connectivity index (χ0v) is 18.4. The van der Waals surface area contributed by atoms with Crippen LogP contribution in [0.3, 0.4) is 0 Å². The molecule has 4 N–H and O–H groups in total. The van der Waals surface area contributed by atoms with E-state index in [-0.39, 0.29) is 30.0 Å². The second-order valence-corrected chi connectivity index (χ2v) is 6.75. The molecule has 7 heteroatoms. The summed E-state index contributed by atoms with van der Waals surface area (Å²) in [7, 11) is 0. The molecule has 0 unspecified atom stereocenters. The van der Waals surface area contributed by atoms with Gasteiger partial charge in [0.05, 0.1) is 0 Å². The van der Waals surface area contributed by atoms with Gasteiger partial charge in [-0.2, -0.15) is 0 Å². The van der Waals surface area contributed by atoms with Crippen molar-refractivity contribution in [1.29, 1.82) is 0 Å². The first kappa shape index (κ1) is 22.5. The summed E-state index contributed by atoms with van der Waals surface area (Å²) in [5.41, 5.74) is 9.25. The van der Waals surface area contributed by atoms with Crippen LogP contribution in [0.1, 0.15) is 36.5 Å². The number of guanidine groups is 1. The monoisotopic (exact) mass is 473 g/mol. The minimum atomic E-state index is -0.326. The number of halogens is 1. The Kier molecular flexibility index (Phi) is 9.75. The summed E-state index contributed by atoms with van der Waals surface area (Å²) in [4.78, 5) is 17.6. The number of carbonyl (C=O) groups excluding carboxylic acids is 1. The maximum atomic E-state index is 11.2. The number of benzene rings is 1. The number of primary amides is 1. The second kappa shape index (κ2) is 11.3. The van der Waals surface area contributed by atoms with Crippen LogP contribution in [0.15, 0.2) is 23.2 Å². The topological polar surface area (TPSA) is 82.8 Å². The molecule has 1 aliphatic heterocycles. The summed E-state index contributed by atoms with van der Waals surface area (Å²) in [6, 6.07) is 6.64. The van der Waals surface area contributed by atoms with Gasteiger partial charge in [-0.25, -0.2) is 4.79 Å². The molecule has 0 radical (unpaired) electrons. The van der Waals surface area contributed by atoms with Gasteiger partial charge in [-0.05, 0) is 45.6 Å². The standard InChI is InChI=1S/C19H31N5O.HI/c1-4-21-19(23-17-6-9-24(10-7-17)18(20)25)22-8-5-16-12-14(2)11-15(3)13-16;/h11-13,17H,4-10H2,1-3H3,(H2,20,25)(H2,21,22,23);1H. The highest BCUT2D eigenvalue weighted by Crippen LogP contribution is 2.11. The predicted octanol–water partition coefficient (Wildman–Crippen LogP) is 2.56. The van der Waals surface area contributed by atoms with Gasteiger partial charge in [-0.1, -0.05) is 29.3 Å². The highest BCUT2D eigenvalue weighted by atomic mass is 127. The van der Waals surface area contributed by atoms with E-state index in [2.05, 4.69) is 49.6 Å². The molecule has 1 fully saturated rings. The lowest BCUT2D eigenvalue weighted by atomic mass is 10.1. The number of carbonyl (C=O) groups is 1. The van der Waals surface area contributed by atoms with Crippen molar-refractivity contribution in [3.63, 3.8) is 0 Å². The molecule has 0 aliphatic carbocycles. The maximum absolute atomic E-state index is 11.2. The van der Waals surface area contributed by atoms with Crippen molar-refractivity contribution in [3.8, 4) is 0 Å². The number of piperidine rings is 1. The van der Waals surface area contributed by atoms with E-state index < -0.39 is 0 Å². The predicted molar refractivity (Wildman–Crippen MR) is 118 cm³/mol. The fourth-order valence-electron chi connectivity index (χ4n) is 3.27. The molecular weight excluding hydrogens is 441 g/mol. The number of nitrogens with zero attached hydrogens (tertiary/aromatic N) is 2. The Balaban J connectivity index is 0.00000338. The molecule has 1 aromatic carbocycles. The highest BCUT2D eigenvalue weighted by Gasteiger charge is 2.21. The van der Waals surface area contributed by atoms with E-state index in [0.717, 1.165) is 38.3 Å². The number of urea groups is 1. The van der Waals surface area contributed by atoms with Crippen LogP contribution in [0, 0.1) is 13.8 Å². The molecule has 0 spiro atoms. The smallest absolute Gasteiger partial charge is 0.314 e. The molecule has 6 nitrogen and oxygen atoms in total. The molecule has 1 saturated heterocycles. The van der Waals surface area contributed by atoms with Gasteiger partial charge in [0.1, 0.15) is 0 Å². The van der Waals surface area contributed by atoms with E-state index in [9.17, 15) is 4.79 Å². The van der Waals surface area contributed by atoms with Gasteiger partial charge in [0.2, 0.25) is 0 Å². The molecule has 1 aromatic rings. The van der Waals surface area contributed by atoms with E-state index in [1.54, 1.807) is 4.90 Å². The lowest BCUT2D eigenvalue weighted by molar-refractivity contribution is 0.188. The summed E-state index contributed by atoms with van der Waals surface area (Å²) >= 11 is 0. The van der Waals surface area contributed by atoms with E-state index in [0.29, 0.717) is 19.1 Å². The fraction of sp³-hybridized carbons (Fsp3) is 0.579. The molecule has 0 atom stereocenters. The summed E-state index contributed by atoms with van der Waals surface area (Å²) in [6.45, 7) is 9.31. The minimum Gasteiger partial charge on any atom is -0.357 e. The number of hydrogen-bond donors (Lipinski definition) is 3. The van der Waals surface area contributed by atoms with Gasteiger partial charge in [-0.3, -0.25) is 4.99 Å². The number of amides is 2. The van der Waals surface area contributed by atoms with Crippen molar-refractivity contribution in [3.05, 3.63) is 34.9 Å². The number of nitrogens with one attached hydrogen (secondary N) is 2. The molecule has 2 rings (SSSR count). The molecule has 0 bridgehead atoms. The third-order valence-electron chi connectivity index (χ3n) is 4.44. The van der Waals surface area contributed by atoms with Crippen LogP contribution in [0.25, 0.3) is 0 Å². The zero-order chi connectivity index (χ0) is 18.2. The largest absolute Gasteiger partial charge is 0.357 e. The Morgan fingerprint density at radius 1 is 1.23 bits per heavy atom. The van der Waals surface area contributed by atoms with Gasteiger partial charge in [0.25, 0.3) is 0 Å². The fourth-order valence-corrected chi connectivity index (χ4v) is 3.27. The number of rotatable bonds is 5. The Morgan fingerprint density at radius 2 is 1.85 bits per heavy atom. The molecule has 1 heterocycles. The highest BCUT2D eigenvalue weighted by molar-refractivity contribution is 14.0. The van der Waals surface area contributed by atoms with Gasteiger partial charge >= 0.3 is 6.03 Å². The number of aryl methyl sites for hydroxylation is 2. The summed E-state index contributed by atoms with van der Waals surface area (Å²) < 4.78 is 0. The average Bonchev–Trinajstić information content (AvgIpc) is 2.54. The second-order valence-electron chi connectivity index (χ2n) is 6.75. The van der Waals surface area contributed by atoms with Crippen molar-refractivity contribution in [1.82, 2.24) is 15.5 Å². The number of nitrogens with two attached hydrogens (primary N) is 1. The van der Waals surface area contributed by atoms with E-state index in [1.807, 2.05) is 0 Å². The third kappa shape index (κ3) is 7.39. The van der Waals surface area contributed by atoms with Crippen molar-refractivity contribution < 1.29 is 4.79 Å². The van der Waals surface area contributed by atoms with Crippen molar-refractivity contribution in [2.24, 2.45) is 10.7 Å². The van der Waals surface area contributed by atoms with E-state index >= 15 is 0 Å². The van der Waals surface area contributed by atoms with Crippen molar-refractivity contribution in [2.45, 2.75) is 46.1 Å². The van der Waals surface area contributed by atoms with Crippen molar-refractivity contribution in [2.75, 3.05) is 26.2 Å². The first-order valence-corrected chi connectivity index (χ1v) is 9.14. The number of likely N-dealkylation sites (tertiary alicyclic amines) is 1. The number of aliphatic imine (C=N–C) groups is 1. The Hall–Kier alpha value is -1.51. The molecule has 0 aromatic heterocycles. The first-order valence-electron chi connectivity index (χ1n) is 9.14. The third-order valence-corrected chi connectivity index (χ3v) is 4.44. The molecular formula is C19H32IN5O.